The third-order valence-electron chi connectivity index (χ3n) is 6.92. The third-order valence-corrected chi connectivity index (χ3v) is 6.92. The van der Waals surface area contributed by atoms with E-state index in [1.54, 1.807) is 12.4 Å². The summed E-state index contributed by atoms with van der Waals surface area (Å²) in [6.07, 6.45) is 6.82. The summed E-state index contributed by atoms with van der Waals surface area (Å²) in [4.78, 5) is 19.1. The van der Waals surface area contributed by atoms with Crippen LogP contribution in [0.2, 0.25) is 0 Å². The van der Waals surface area contributed by atoms with Gasteiger partial charge in [0, 0.05) is 42.9 Å². The van der Waals surface area contributed by atoms with E-state index in [1.165, 1.54) is 5.56 Å². The molecule has 1 saturated heterocycles. The Bertz CT molecular complexity index is 906. The number of nitrogens with zero attached hydrogens (tertiary/aromatic N) is 2. The molecule has 2 aliphatic rings. The van der Waals surface area contributed by atoms with Crippen molar-refractivity contribution in [1.29, 1.82) is 0 Å². The molecule has 1 aromatic carbocycles. The van der Waals surface area contributed by atoms with Gasteiger partial charge in [0.15, 0.2) is 0 Å². The lowest BCUT2D eigenvalue weighted by Gasteiger charge is -2.37. The summed E-state index contributed by atoms with van der Waals surface area (Å²) in [6.45, 7) is 8.25. The Hall–Kier alpha value is -2.40. The Kier molecular flexibility index (Phi) is 6.09. The molecule has 1 fully saturated rings. The molecular formula is C25H32N2O3. The first-order valence-electron chi connectivity index (χ1n) is 11.1. The molecule has 4 rings (SSSR count). The first-order chi connectivity index (χ1) is 14.5. The fourth-order valence-corrected chi connectivity index (χ4v) is 5.11. The summed E-state index contributed by atoms with van der Waals surface area (Å²) >= 11 is 0. The standard InChI is InChI=1S/C25H32N2O3/c1-16-13-22(30-15-19-7-6-10-26-14-19)18(3)23-20(16)8-9-21(24(23)28)17(2)25(29)27-11-4-5-12-27/h6-7,10,13-14,17,21,24,28H,4-5,8-9,11-12,15H2,1-3H3/t17-,21?,24+/m0/s1. The highest BCUT2D eigenvalue weighted by atomic mass is 16.5. The van der Waals surface area contributed by atoms with Crippen LogP contribution >= 0.6 is 0 Å². The molecule has 2 heterocycles. The molecule has 1 unspecified atom stereocenters. The molecule has 1 aliphatic heterocycles. The number of likely N-dealkylation sites (tertiary alicyclic amines) is 1. The highest BCUT2D eigenvalue weighted by molar-refractivity contribution is 5.79. The van der Waals surface area contributed by atoms with Gasteiger partial charge in [0.05, 0.1) is 6.10 Å². The predicted molar refractivity (Wildman–Crippen MR) is 116 cm³/mol. The van der Waals surface area contributed by atoms with Gasteiger partial charge >= 0.3 is 0 Å². The molecule has 0 spiro atoms. The Morgan fingerprint density at radius 2 is 2.10 bits per heavy atom. The molecule has 1 N–H and O–H groups in total. The van der Waals surface area contributed by atoms with E-state index < -0.39 is 6.10 Å². The summed E-state index contributed by atoms with van der Waals surface area (Å²) in [5.74, 6) is 0.759. The van der Waals surface area contributed by atoms with Gasteiger partial charge in [-0.25, -0.2) is 0 Å². The average Bonchev–Trinajstić information content (AvgIpc) is 3.30. The third kappa shape index (κ3) is 3.95. The van der Waals surface area contributed by atoms with Crippen LogP contribution in [-0.2, 0) is 17.8 Å². The zero-order chi connectivity index (χ0) is 21.3. The Balaban J connectivity index is 1.57. The van der Waals surface area contributed by atoms with E-state index in [9.17, 15) is 9.90 Å². The molecule has 1 amide bonds. The minimum atomic E-state index is -0.643. The molecule has 160 valence electrons. The molecule has 3 atom stereocenters. The number of fused-ring (bicyclic) bond motifs is 1. The van der Waals surface area contributed by atoms with Gasteiger partial charge in [-0.2, -0.15) is 0 Å². The number of pyridine rings is 1. The fourth-order valence-electron chi connectivity index (χ4n) is 5.11. The number of ether oxygens (including phenoxy) is 1. The predicted octanol–water partition coefficient (Wildman–Crippen LogP) is 4.13. The van der Waals surface area contributed by atoms with Crippen molar-refractivity contribution in [3.63, 3.8) is 0 Å². The van der Waals surface area contributed by atoms with Crippen molar-refractivity contribution in [2.75, 3.05) is 13.1 Å². The molecule has 0 saturated carbocycles. The van der Waals surface area contributed by atoms with E-state index in [4.69, 9.17) is 4.74 Å². The first kappa shape index (κ1) is 20.9. The molecule has 5 heteroatoms. The molecule has 5 nitrogen and oxygen atoms in total. The van der Waals surface area contributed by atoms with Crippen LogP contribution in [0, 0.1) is 25.7 Å². The van der Waals surface area contributed by atoms with Gasteiger partial charge in [0.25, 0.3) is 0 Å². The number of aliphatic hydroxyl groups excluding tert-OH is 1. The van der Waals surface area contributed by atoms with E-state index in [2.05, 4.69) is 18.0 Å². The highest BCUT2D eigenvalue weighted by Crippen LogP contribution is 2.44. The second kappa shape index (κ2) is 8.76. The van der Waals surface area contributed by atoms with Crippen LogP contribution in [0.4, 0.5) is 0 Å². The van der Waals surface area contributed by atoms with E-state index in [-0.39, 0.29) is 17.7 Å². The fraction of sp³-hybridized carbons (Fsp3) is 0.520. The van der Waals surface area contributed by atoms with Gasteiger partial charge in [-0.15, -0.1) is 0 Å². The van der Waals surface area contributed by atoms with Crippen molar-refractivity contribution in [2.45, 2.75) is 59.2 Å². The van der Waals surface area contributed by atoms with Crippen LogP contribution in [0.5, 0.6) is 5.75 Å². The number of carbonyl (C=O) groups is 1. The highest BCUT2D eigenvalue weighted by Gasteiger charge is 2.38. The lowest BCUT2D eigenvalue weighted by Crippen LogP contribution is -2.39. The number of hydrogen-bond acceptors (Lipinski definition) is 4. The lowest BCUT2D eigenvalue weighted by atomic mass is 9.72. The quantitative estimate of drug-likeness (QED) is 0.808. The number of carbonyl (C=O) groups excluding carboxylic acids is 1. The van der Waals surface area contributed by atoms with Gasteiger partial charge in [-0.3, -0.25) is 9.78 Å². The Labute approximate surface area is 179 Å². The summed E-state index contributed by atoms with van der Waals surface area (Å²) in [5.41, 5.74) is 5.32. The van der Waals surface area contributed by atoms with Gasteiger partial charge in [0.1, 0.15) is 12.4 Å². The molecule has 30 heavy (non-hydrogen) atoms. The van der Waals surface area contributed by atoms with Crippen LogP contribution in [0.15, 0.2) is 30.6 Å². The van der Waals surface area contributed by atoms with Crippen LogP contribution in [0.1, 0.15) is 60.1 Å². The maximum atomic E-state index is 13.0. The molecular weight excluding hydrogens is 376 g/mol. The monoisotopic (exact) mass is 408 g/mol. The van der Waals surface area contributed by atoms with Crippen molar-refractivity contribution in [3.05, 3.63) is 58.4 Å². The van der Waals surface area contributed by atoms with Gasteiger partial charge in [-0.1, -0.05) is 13.0 Å². The van der Waals surface area contributed by atoms with Crippen molar-refractivity contribution in [3.8, 4) is 5.75 Å². The first-order valence-corrected chi connectivity index (χ1v) is 11.1. The maximum Gasteiger partial charge on any atom is 0.225 e. The molecule has 0 bridgehead atoms. The van der Waals surface area contributed by atoms with Crippen molar-refractivity contribution in [1.82, 2.24) is 9.88 Å². The normalized spacial score (nSPS) is 21.9. The Morgan fingerprint density at radius 1 is 1.33 bits per heavy atom. The van der Waals surface area contributed by atoms with E-state index in [0.717, 1.165) is 66.8 Å². The largest absolute Gasteiger partial charge is 0.489 e. The maximum absolute atomic E-state index is 13.0. The van der Waals surface area contributed by atoms with Gasteiger partial charge in [-0.05, 0) is 73.9 Å². The number of hydrogen-bond donors (Lipinski definition) is 1. The number of aryl methyl sites for hydroxylation is 1. The average molecular weight is 409 g/mol. The molecule has 1 aliphatic carbocycles. The Morgan fingerprint density at radius 3 is 2.80 bits per heavy atom. The molecule has 0 radical (unpaired) electrons. The number of aromatic nitrogens is 1. The van der Waals surface area contributed by atoms with Crippen LogP contribution in [0.25, 0.3) is 0 Å². The molecule has 2 aromatic rings. The smallest absolute Gasteiger partial charge is 0.225 e. The van der Waals surface area contributed by atoms with Crippen LogP contribution < -0.4 is 4.74 Å². The summed E-state index contributed by atoms with van der Waals surface area (Å²) in [5, 5.41) is 11.4. The van der Waals surface area contributed by atoms with Crippen LogP contribution in [0.3, 0.4) is 0 Å². The van der Waals surface area contributed by atoms with Crippen molar-refractivity contribution in [2.24, 2.45) is 11.8 Å². The number of rotatable bonds is 5. The van der Waals surface area contributed by atoms with Crippen molar-refractivity contribution >= 4 is 5.91 Å². The number of aliphatic hydroxyl groups is 1. The van der Waals surface area contributed by atoms with Gasteiger partial charge in [0.2, 0.25) is 5.91 Å². The van der Waals surface area contributed by atoms with E-state index >= 15 is 0 Å². The van der Waals surface area contributed by atoms with E-state index in [0.29, 0.717) is 6.61 Å². The second-order valence-corrected chi connectivity index (χ2v) is 8.83. The van der Waals surface area contributed by atoms with Gasteiger partial charge < -0.3 is 14.7 Å². The summed E-state index contributed by atoms with van der Waals surface area (Å²) in [6, 6.07) is 5.97. The topological polar surface area (TPSA) is 62.7 Å². The zero-order valence-corrected chi connectivity index (χ0v) is 18.2. The zero-order valence-electron chi connectivity index (χ0n) is 18.2. The lowest BCUT2D eigenvalue weighted by molar-refractivity contribution is -0.137. The SMILES string of the molecule is Cc1cc(OCc2cccnc2)c(C)c2c1CCC([C@H](C)C(=O)N1CCCC1)[C@H]2O. The van der Waals surface area contributed by atoms with Crippen molar-refractivity contribution < 1.29 is 14.6 Å². The summed E-state index contributed by atoms with van der Waals surface area (Å²) < 4.78 is 6.12. The second-order valence-electron chi connectivity index (χ2n) is 8.83. The minimum Gasteiger partial charge on any atom is -0.489 e. The van der Waals surface area contributed by atoms with Crippen LogP contribution in [-0.4, -0.2) is 34.0 Å². The summed E-state index contributed by atoms with van der Waals surface area (Å²) in [7, 11) is 0. The number of benzene rings is 1. The minimum absolute atomic E-state index is 0.0581. The van der Waals surface area contributed by atoms with E-state index in [1.807, 2.05) is 30.9 Å². The number of amides is 1. The molecule has 1 aromatic heterocycles.